The molecule has 172 valence electrons. The number of halogens is 1. The van der Waals surface area contributed by atoms with Gasteiger partial charge in [0.25, 0.3) is 5.91 Å². The summed E-state index contributed by atoms with van der Waals surface area (Å²) in [7, 11) is 0. The smallest absolute Gasteiger partial charge is 0.340 e. The van der Waals surface area contributed by atoms with Crippen molar-refractivity contribution in [2.75, 3.05) is 11.9 Å². The SMILES string of the molecule is Cc1nc2cc(F)ccc2cc1C(=O)OCC(=O)Nc1cccc2c1C(=O)c1ccccc1C2=O. The van der Waals surface area contributed by atoms with Gasteiger partial charge in [-0.3, -0.25) is 19.4 Å². The fourth-order valence-corrected chi connectivity index (χ4v) is 4.09. The van der Waals surface area contributed by atoms with Gasteiger partial charge in [0.2, 0.25) is 0 Å². The van der Waals surface area contributed by atoms with Crippen molar-refractivity contribution in [1.82, 2.24) is 4.98 Å². The molecule has 0 aliphatic heterocycles. The second-order valence-corrected chi connectivity index (χ2v) is 8.01. The van der Waals surface area contributed by atoms with E-state index in [2.05, 4.69) is 10.3 Å². The van der Waals surface area contributed by atoms with E-state index < -0.39 is 24.3 Å². The zero-order valence-electron chi connectivity index (χ0n) is 18.4. The Morgan fingerprint density at radius 3 is 2.40 bits per heavy atom. The van der Waals surface area contributed by atoms with Gasteiger partial charge >= 0.3 is 5.97 Å². The van der Waals surface area contributed by atoms with Crippen LogP contribution < -0.4 is 5.32 Å². The number of benzene rings is 3. The van der Waals surface area contributed by atoms with Crippen molar-refractivity contribution < 1.29 is 28.3 Å². The molecule has 0 fully saturated rings. The summed E-state index contributed by atoms with van der Waals surface area (Å²) in [5.74, 6) is -2.58. The first-order valence-corrected chi connectivity index (χ1v) is 10.7. The Morgan fingerprint density at radius 1 is 0.914 bits per heavy atom. The Morgan fingerprint density at radius 2 is 1.63 bits per heavy atom. The molecule has 4 aromatic rings. The molecular formula is C27H17FN2O5. The van der Waals surface area contributed by atoms with Crippen molar-refractivity contribution in [1.29, 1.82) is 0 Å². The molecule has 0 saturated heterocycles. The lowest BCUT2D eigenvalue weighted by Crippen LogP contribution is -2.26. The summed E-state index contributed by atoms with van der Waals surface area (Å²) in [6.45, 7) is 0.958. The van der Waals surface area contributed by atoms with Crippen LogP contribution in [0.1, 0.15) is 47.9 Å². The summed E-state index contributed by atoms with van der Waals surface area (Å²) in [5, 5.41) is 3.11. The zero-order valence-corrected chi connectivity index (χ0v) is 18.4. The number of amides is 1. The fraction of sp³-hybridized carbons (Fsp3) is 0.0741. The number of anilines is 1. The van der Waals surface area contributed by atoms with E-state index in [4.69, 9.17) is 4.74 Å². The number of pyridine rings is 1. The maximum atomic E-state index is 13.4. The van der Waals surface area contributed by atoms with Gasteiger partial charge in [0.05, 0.1) is 28.0 Å². The van der Waals surface area contributed by atoms with Crippen LogP contribution in [-0.4, -0.2) is 35.0 Å². The Labute approximate surface area is 198 Å². The Balaban J connectivity index is 1.33. The van der Waals surface area contributed by atoms with Crippen LogP contribution >= 0.6 is 0 Å². The number of hydrogen-bond acceptors (Lipinski definition) is 6. The van der Waals surface area contributed by atoms with Crippen LogP contribution in [0.3, 0.4) is 0 Å². The van der Waals surface area contributed by atoms with Crippen LogP contribution in [0, 0.1) is 12.7 Å². The second kappa shape index (κ2) is 8.57. The summed E-state index contributed by atoms with van der Waals surface area (Å²) in [6.07, 6.45) is 0. The lowest BCUT2D eigenvalue weighted by molar-refractivity contribution is -0.119. The molecule has 0 atom stereocenters. The molecule has 7 nitrogen and oxygen atoms in total. The Kier molecular flexibility index (Phi) is 5.41. The molecule has 1 aromatic heterocycles. The maximum Gasteiger partial charge on any atom is 0.340 e. The van der Waals surface area contributed by atoms with E-state index in [1.807, 2.05) is 0 Å². The van der Waals surface area contributed by atoms with E-state index in [-0.39, 0.29) is 39.5 Å². The summed E-state index contributed by atoms with van der Waals surface area (Å²) in [5.41, 5.74) is 1.88. The van der Waals surface area contributed by atoms with E-state index >= 15 is 0 Å². The summed E-state index contributed by atoms with van der Waals surface area (Å²) in [6, 6.07) is 16.6. The maximum absolute atomic E-state index is 13.4. The Bertz CT molecular complexity index is 1580. The third-order valence-corrected chi connectivity index (χ3v) is 5.75. The van der Waals surface area contributed by atoms with Crippen molar-refractivity contribution >= 4 is 40.0 Å². The average molecular weight is 468 g/mol. The second-order valence-electron chi connectivity index (χ2n) is 8.01. The van der Waals surface area contributed by atoms with Gasteiger partial charge in [0.15, 0.2) is 18.2 Å². The molecule has 0 unspecified atom stereocenters. The third-order valence-electron chi connectivity index (χ3n) is 5.75. The van der Waals surface area contributed by atoms with Gasteiger partial charge in [-0.15, -0.1) is 0 Å². The number of carbonyl (C=O) groups excluding carboxylic acids is 4. The normalized spacial score (nSPS) is 12.2. The number of esters is 1. The number of aromatic nitrogens is 1. The van der Waals surface area contributed by atoms with Crippen molar-refractivity contribution in [3.63, 3.8) is 0 Å². The van der Waals surface area contributed by atoms with Crippen LogP contribution in [0.2, 0.25) is 0 Å². The number of aryl methyl sites for hydroxylation is 1. The predicted octanol–water partition coefficient (Wildman–Crippen LogP) is 4.25. The largest absolute Gasteiger partial charge is 0.452 e. The first-order valence-electron chi connectivity index (χ1n) is 10.7. The van der Waals surface area contributed by atoms with E-state index in [1.165, 1.54) is 36.4 Å². The molecule has 1 amide bonds. The lowest BCUT2D eigenvalue weighted by Gasteiger charge is -2.20. The minimum absolute atomic E-state index is 0.0951. The first-order chi connectivity index (χ1) is 16.8. The Hall–Kier alpha value is -4.72. The molecule has 3 aromatic carbocycles. The number of nitrogens with one attached hydrogen (secondary N) is 1. The van der Waals surface area contributed by atoms with Gasteiger partial charge in [0.1, 0.15) is 5.82 Å². The quantitative estimate of drug-likeness (QED) is 0.396. The molecule has 0 saturated carbocycles. The van der Waals surface area contributed by atoms with Crippen LogP contribution in [0.5, 0.6) is 0 Å². The highest BCUT2D eigenvalue weighted by Gasteiger charge is 2.31. The molecule has 8 heteroatoms. The summed E-state index contributed by atoms with van der Waals surface area (Å²) >= 11 is 0. The van der Waals surface area contributed by atoms with E-state index in [9.17, 15) is 23.6 Å². The molecule has 0 spiro atoms. The fourth-order valence-electron chi connectivity index (χ4n) is 4.09. The van der Waals surface area contributed by atoms with Crippen molar-refractivity contribution in [2.45, 2.75) is 6.92 Å². The van der Waals surface area contributed by atoms with Gasteiger partial charge in [-0.1, -0.05) is 36.4 Å². The number of rotatable bonds is 4. The predicted molar refractivity (Wildman–Crippen MR) is 125 cm³/mol. The molecular weight excluding hydrogens is 451 g/mol. The van der Waals surface area contributed by atoms with E-state index in [0.717, 1.165) is 0 Å². The number of ketones is 2. The van der Waals surface area contributed by atoms with Gasteiger partial charge in [-0.25, -0.2) is 9.18 Å². The number of carbonyl (C=O) groups is 4. The van der Waals surface area contributed by atoms with Crippen LogP contribution in [-0.2, 0) is 9.53 Å². The highest BCUT2D eigenvalue weighted by atomic mass is 19.1. The molecule has 1 aliphatic carbocycles. The average Bonchev–Trinajstić information content (AvgIpc) is 2.85. The van der Waals surface area contributed by atoms with Crippen LogP contribution in [0.4, 0.5) is 10.1 Å². The molecule has 0 radical (unpaired) electrons. The number of hydrogen-bond donors (Lipinski definition) is 1. The molecule has 5 rings (SSSR count). The molecule has 35 heavy (non-hydrogen) atoms. The monoisotopic (exact) mass is 468 g/mol. The zero-order chi connectivity index (χ0) is 24.7. The standard InChI is InChI=1S/C27H17FN2O5/c1-14-20(11-15-9-10-16(28)12-22(15)29-14)27(34)35-13-23(31)30-21-8-4-7-19-24(21)26(33)18-6-3-2-5-17(18)25(19)32/h2-12H,13H2,1H3,(H,30,31). The van der Waals surface area contributed by atoms with Crippen LogP contribution in [0.25, 0.3) is 10.9 Å². The minimum Gasteiger partial charge on any atom is -0.452 e. The number of fused-ring (bicyclic) bond motifs is 3. The van der Waals surface area contributed by atoms with Crippen molar-refractivity contribution in [3.05, 3.63) is 106 Å². The topological polar surface area (TPSA) is 102 Å². The lowest BCUT2D eigenvalue weighted by atomic mass is 9.83. The molecule has 0 bridgehead atoms. The van der Waals surface area contributed by atoms with Gasteiger partial charge in [-0.2, -0.15) is 0 Å². The minimum atomic E-state index is -0.772. The van der Waals surface area contributed by atoms with E-state index in [0.29, 0.717) is 22.2 Å². The van der Waals surface area contributed by atoms with Gasteiger partial charge < -0.3 is 10.1 Å². The number of ether oxygens (including phenoxy) is 1. The first kappa shape index (κ1) is 22.1. The highest BCUT2D eigenvalue weighted by Crippen LogP contribution is 2.32. The van der Waals surface area contributed by atoms with Crippen molar-refractivity contribution in [3.8, 4) is 0 Å². The highest BCUT2D eigenvalue weighted by molar-refractivity contribution is 6.30. The van der Waals surface area contributed by atoms with Gasteiger partial charge in [0, 0.05) is 28.1 Å². The van der Waals surface area contributed by atoms with Crippen LogP contribution in [0.15, 0.2) is 66.7 Å². The molecule has 1 aliphatic rings. The van der Waals surface area contributed by atoms with Crippen molar-refractivity contribution in [2.24, 2.45) is 0 Å². The van der Waals surface area contributed by atoms with Gasteiger partial charge in [-0.05, 0) is 31.2 Å². The molecule has 1 heterocycles. The number of nitrogens with zero attached hydrogens (tertiary/aromatic N) is 1. The summed E-state index contributed by atoms with van der Waals surface area (Å²) < 4.78 is 18.6. The van der Waals surface area contributed by atoms with E-state index in [1.54, 1.807) is 37.3 Å². The molecule has 1 N–H and O–H groups in total. The summed E-state index contributed by atoms with van der Waals surface area (Å²) in [4.78, 5) is 55.3. The third kappa shape index (κ3) is 3.95.